The molecule has 3 rings (SSSR count). The smallest absolute Gasteiger partial charge is 0.233 e. The Morgan fingerprint density at radius 1 is 1.25 bits per heavy atom. The second kappa shape index (κ2) is 5.80. The topological polar surface area (TPSA) is 20.3 Å². The average Bonchev–Trinajstić information content (AvgIpc) is 3.28. The van der Waals surface area contributed by atoms with Crippen molar-refractivity contribution in [2.24, 2.45) is 5.92 Å². The van der Waals surface area contributed by atoms with E-state index in [9.17, 15) is 4.79 Å². The number of carbonyl (C=O) groups is 1. The van der Waals surface area contributed by atoms with Gasteiger partial charge in [-0.3, -0.25) is 4.79 Å². The Bertz CT molecular complexity index is 506. The number of rotatable bonds is 6. The number of hydrogen-bond donors (Lipinski definition) is 0. The summed E-state index contributed by atoms with van der Waals surface area (Å²) < 4.78 is 0. The number of hydrogen-bond acceptors (Lipinski definition) is 2. The Labute approximate surface area is 125 Å². The molecule has 0 aromatic heterocycles. The molecule has 108 valence electrons. The number of carbonyl (C=O) groups excluding carboxylic acids is 1. The molecule has 1 aromatic rings. The van der Waals surface area contributed by atoms with Crippen LogP contribution >= 0.6 is 11.8 Å². The SMILES string of the molecule is Cc1ccc(C)c(SCC(=O)N(CC2CC2)C2CC2)c1. The highest BCUT2D eigenvalue weighted by Gasteiger charge is 2.36. The summed E-state index contributed by atoms with van der Waals surface area (Å²) >= 11 is 1.70. The fourth-order valence-corrected chi connectivity index (χ4v) is 3.51. The van der Waals surface area contributed by atoms with Crippen LogP contribution < -0.4 is 0 Å². The second-order valence-corrected chi connectivity index (χ2v) is 7.30. The number of amides is 1. The van der Waals surface area contributed by atoms with Gasteiger partial charge in [0.05, 0.1) is 5.75 Å². The van der Waals surface area contributed by atoms with E-state index < -0.39 is 0 Å². The van der Waals surface area contributed by atoms with Crippen molar-refractivity contribution in [1.82, 2.24) is 4.90 Å². The highest BCUT2D eigenvalue weighted by atomic mass is 32.2. The predicted molar refractivity (Wildman–Crippen MR) is 84.1 cm³/mol. The Kier molecular flexibility index (Phi) is 4.06. The van der Waals surface area contributed by atoms with E-state index in [0.717, 1.165) is 12.5 Å². The number of thioether (sulfide) groups is 1. The van der Waals surface area contributed by atoms with Gasteiger partial charge in [0.1, 0.15) is 0 Å². The molecular formula is C17H23NOS. The minimum atomic E-state index is 0.338. The normalized spacial score (nSPS) is 18.1. The molecule has 0 saturated heterocycles. The summed E-state index contributed by atoms with van der Waals surface area (Å²) in [6.07, 6.45) is 5.07. The summed E-state index contributed by atoms with van der Waals surface area (Å²) in [6.45, 7) is 5.24. The van der Waals surface area contributed by atoms with E-state index in [-0.39, 0.29) is 0 Å². The van der Waals surface area contributed by atoms with Crippen molar-refractivity contribution in [2.45, 2.75) is 50.5 Å². The van der Waals surface area contributed by atoms with Gasteiger partial charge in [0.25, 0.3) is 0 Å². The summed E-state index contributed by atoms with van der Waals surface area (Å²) in [6, 6.07) is 7.02. The zero-order chi connectivity index (χ0) is 14.1. The third-order valence-corrected chi connectivity index (χ3v) is 5.30. The molecule has 2 fully saturated rings. The van der Waals surface area contributed by atoms with Crippen LogP contribution in [0.2, 0.25) is 0 Å². The minimum absolute atomic E-state index is 0.338. The molecule has 2 aliphatic rings. The molecule has 2 aliphatic carbocycles. The van der Waals surface area contributed by atoms with Crippen LogP contribution in [0.3, 0.4) is 0 Å². The molecule has 1 aromatic carbocycles. The van der Waals surface area contributed by atoms with Gasteiger partial charge in [-0.25, -0.2) is 0 Å². The lowest BCUT2D eigenvalue weighted by Gasteiger charge is -2.22. The quantitative estimate of drug-likeness (QED) is 0.743. The standard InChI is InChI=1S/C17H23NOS/c1-12-3-4-13(2)16(9-12)20-11-17(19)18(15-7-8-15)10-14-5-6-14/h3-4,9,14-15H,5-8,10-11H2,1-2H3. The summed E-state index contributed by atoms with van der Waals surface area (Å²) in [7, 11) is 0. The van der Waals surface area contributed by atoms with Crippen molar-refractivity contribution in [2.75, 3.05) is 12.3 Å². The largest absolute Gasteiger partial charge is 0.339 e. The monoisotopic (exact) mass is 289 g/mol. The molecule has 0 aliphatic heterocycles. The lowest BCUT2D eigenvalue weighted by atomic mass is 10.2. The van der Waals surface area contributed by atoms with E-state index >= 15 is 0 Å². The van der Waals surface area contributed by atoms with Crippen molar-refractivity contribution in [3.8, 4) is 0 Å². The number of aryl methyl sites for hydroxylation is 2. The third kappa shape index (κ3) is 3.57. The molecule has 2 nitrogen and oxygen atoms in total. The van der Waals surface area contributed by atoms with Crippen LogP contribution in [-0.2, 0) is 4.79 Å². The fraction of sp³-hybridized carbons (Fsp3) is 0.588. The maximum Gasteiger partial charge on any atom is 0.233 e. The predicted octanol–water partition coefficient (Wildman–Crippen LogP) is 3.80. The molecule has 0 heterocycles. The molecule has 0 N–H and O–H groups in total. The van der Waals surface area contributed by atoms with Gasteiger partial charge in [-0.1, -0.05) is 17.7 Å². The molecule has 3 heteroatoms. The van der Waals surface area contributed by atoms with Crippen LogP contribution in [0.25, 0.3) is 0 Å². The zero-order valence-corrected chi connectivity index (χ0v) is 13.2. The first-order valence-corrected chi connectivity index (χ1v) is 8.61. The molecular weight excluding hydrogens is 266 g/mol. The van der Waals surface area contributed by atoms with E-state index in [1.807, 2.05) is 0 Å². The first kappa shape index (κ1) is 14.0. The van der Waals surface area contributed by atoms with Crippen molar-refractivity contribution >= 4 is 17.7 Å². The van der Waals surface area contributed by atoms with Crippen LogP contribution in [0.4, 0.5) is 0 Å². The molecule has 0 atom stereocenters. The summed E-state index contributed by atoms with van der Waals surface area (Å²) in [5.41, 5.74) is 2.54. The van der Waals surface area contributed by atoms with Crippen LogP contribution in [0.15, 0.2) is 23.1 Å². The molecule has 0 bridgehead atoms. The van der Waals surface area contributed by atoms with Gasteiger partial charge in [-0.05, 0) is 57.1 Å². The Hall–Kier alpha value is -0.960. The van der Waals surface area contributed by atoms with Crippen molar-refractivity contribution in [3.63, 3.8) is 0 Å². The summed E-state index contributed by atoms with van der Waals surface area (Å²) in [4.78, 5) is 15.9. The highest BCUT2D eigenvalue weighted by Crippen LogP contribution is 2.35. The molecule has 1 amide bonds. The molecule has 2 saturated carbocycles. The summed E-state index contributed by atoms with van der Waals surface area (Å²) in [5, 5.41) is 0. The van der Waals surface area contributed by atoms with Crippen LogP contribution in [-0.4, -0.2) is 29.1 Å². The van der Waals surface area contributed by atoms with Crippen LogP contribution in [0.1, 0.15) is 36.8 Å². The molecule has 0 radical (unpaired) electrons. The Morgan fingerprint density at radius 3 is 2.65 bits per heavy atom. The fourth-order valence-electron chi connectivity index (χ4n) is 2.50. The maximum absolute atomic E-state index is 12.5. The summed E-state index contributed by atoms with van der Waals surface area (Å²) in [5.74, 6) is 1.73. The number of benzene rings is 1. The van der Waals surface area contributed by atoms with Crippen LogP contribution in [0, 0.1) is 19.8 Å². The van der Waals surface area contributed by atoms with Gasteiger partial charge in [0.15, 0.2) is 0 Å². The maximum atomic E-state index is 12.5. The Morgan fingerprint density at radius 2 is 2.00 bits per heavy atom. The van der Waals surface area contributed by atoms with E-state index in [4.69, 9.17) is 0 Å². The van der Waals surface area contributed by atoms with E-state index in [2.05, 4.69) is 36.9 Å². The van der Waals surface area contributed by atoms with Crippen molar-refractivity contribution < 1.29 is 4.79 Å². The van der Waals surface area contributed by atoms with Gasteiger partial charge < -0.3 is 4.90 Å². The first-order valence-electron chi connectivity index (χ1n) is 7.63. The van der Waals surface area contributed by atoms with Gasteiger partial charge in [0.2, 0.25) is 5.91 Å². The molecule has 20 heavy (non-hydrogen) atoms. The first-order chi connectivity index (χ1) is 9.63. The Balaban J connectivity index is 1.58. The second-order valence-electron chi connectivity index (χ2n) is 6.28. The van der Waals surface area contributed by atoms with Gasteiger partial charge >= 0.3 is 0 Å². The van der Waals surface area contributed by atoms with Crippen molar-refractivity contribution in [1.29, 1.82) is 0 Å². The van der Waals surface area contributed by atoms with E-state index in [1.54, 1.807) is 11.8 Å². The average molecular weight is 289 g/mol. The molecule has 0 spiro atoms. The van der Waals surface area contributed by atoms with Gasteiger partial charge in [0, 0.05) is 17.5 Å². The molecule has 0 unspecified atom stereocenters. The highest BCUT2D eigenvalue weighted by molar-refractivity contribution is 8.00. The van der Waals surface area contributed by atoms with Crippen LogP contribution in [0.5, 0.6) is 0 Å². The lowest BCUT2D eigenvalue weighted by molar-refractivity contribution is -0.129. The lowest BCUT2D eigenvalue weighted by Crippen LogP contribution is -2.36. The van der Waals surface area contributed by atoms with Gasteiger partial charge in [-0.2, -0.15) is 0 Å². The number of nitrogens with zero attached hydrogens (tertiary/aromatic N) is 1. The van der Waals surface area contributed by atoms with Gasteiger partial charge in [-0.15, -0.1) is 11.8 Å². The van der Waals surface area contributed by atoms with E-state index in [1.165, 1.54) is 41.7 Å². The minimum Gasteiger partial charge on any atom is -0.339 e. The van der Waals surface area contributed by atoms with E-state index in [0.29, 0.717) is 17.7 Å². The van der Waals surface area contributed by atoms with Crippen molar-refractivity contribution in [3.05, 3.63) is 29.3 Å². The zero-order valence-electron chi connectivity index (χ0n) is 12.4. The third-order valence-electron chi connectivity index (χ3n) is 4.15.